The Morgan fingerprint density at radius 2 is 1.48 bits per heavy atom. The Labute approximate surface area is 195 Å². The smallest absolute Gasteiger partial charge is 0.321 e. The first-order valence-electron chi connectivity index (χ1n) is 11.9. The summed E-state index contributed by atoms with van der Waals surface area (Å²) < 4.78 is 0. The van der Waals surface area contributed by atoms with Crippen LogP contribution in [-0.2, 0) is 0 Å². The van der Waals surface area contributed by atoms with Crippen LogP contribution in [0.4, 0.5) is 10.5 Å². The normalized spacial score (nSPS) is 23.1. The van der Waals surface area contributed by atoms with Crippen molar-refractivity contribution in [3.63, 3.8) is 0 Å². The molecule has 3 atom stereocenters. The number of benzene rings is 3. The Morgan fingerprint density at radius 3 is 2.18 bits per heavy atom. The number of carbonyl (C=O) groups is 1. The Kier molecular flexibility index (Phi) is 6.42. The fourth-order valence-corrected chi connectivity index (χ4v) is 5.38. The van der Waals surface area contributed by atoms with E-state index in [1.165, 1.54) is 16.7 Å². The van der Waals surface area contributed by atoms with Gasteiger partial charge in [0.25, 0.3) is 0 Å². The summed E-state index contributed by atoms with van der Waals surface area (Å²) in [6, 6.07) is 29.0. The maximum Gasteiger partial charge on any atom is 0.321 e. The van der Waals surface area contributed by atoms with Gasteiger partial charge in [0.05, 0.1) is 6.61 Å². The second kappa shape index (κ2) is 9.77. The summed E-state index contributed by atoms with van der Waals surface area (Å²) in [6.07, 6.45) is 2.00. The molecule has 0 radical (unpaired) electrons. The van der Waals surface area contributed by atoms with Crippen LogP contribution in [0, 0.1) is 0 Å². The molecule has 2 aliphatic rings. The van der Waals surface area contributed by atoms with Crippen molar-refractivity contribution in [2.24, 2.45) is 0 Å². The van der Waals surface area contributed by atoms with Crippen LogP contribution in [0.3, 0.4) is 0 Å². The average molecular weight is 442 g/mol. The Hall–Kier alpha value is -3.15. The van der Waals surface area contributed by atoms with Crippen molar-refractivity contribution in [1.82, 2.24) is 9.80 Å². The van der Waals surface area contributed by atoms with Gasteiger partial charge < -0.3 is 15.3 Å². The molecule has 0 aliphatic carbocycles. The van der Waals surface area contributed by atoms with Crippen LogP contribution < -0.4 is 5.32 Å². The fourth-order valence-electron chi connectivity index (χ4n) is 5.38. The molecule has 3 aromatic rings. The molecule has 0 unspecified atom stereocenters. The van der Waals surface area contributed by atoms with E-state index in [9.17, 15) is 9.90 Å². The molecule has 0 spiro atoms. The summed E-state index contributed by atoms with van der Waals surface area (Å²) in [4.78, 5) is 17.4. The van der Waals surface area contributed by atoms with E-state index >= 15 is 0 Å². The lowest BCUT2D eigenvalue weighted by Gasteiger charge is -2.57. The highest BCUT2D eigenvalue weighted by Crippen LogP contribution is 2.42. The molecule has 33 heavy (non-hydrogen) atoms. The number of urea groups is 1. The van der Waals surface area contributed by atoms with Crippen LogP contribution >= 0.6 is 0 Å². The van der Waals surface area contributed by atoms with E-state index in [1.54, 1.807) is 0 Å². The Morgan fingerprint density at radius 1 is 0.848 bits per heavy atom. The topological polar surface area (TPSA) is 55.8 Å². The van der Waals surface area contributed by atoms with E-state index in [0.717, 1.165) is 31.6 Å². The minimum atomic E-state index is -0.0475. The van der Waals surface area contributed by atoms with E-state index in [2.05, 4.69) is 58.7 Å². The SMILES string of the molecule is O=C(Nc1ccccc1)N1CCCCN2[C@H](CO)[C@H](c3ccc(-c4ccccc4)cc3)[C@@H]2C1. The highest BCUT2D eigenvalue weighted by molar-refractivity contribution is 5.89. The standard InChI is InChI=1S/C28H31N3O2/c32-20-26-27(23-15-13-22(14-16-23)21-9-3-1-4-10-21)25-19-30(17-7-8-18-31(25)26)28(33)29-24-11-5-2-6-12-24/h1-6,9-16,25-27,32H,7-8,17-20H2,(H,29,33)/t25-,26+,27+/m0/s1. The van der Waals surface area contributed by atoms with Crippen molar-refractivity contribution in [2.75, 3.05) is 31.6 Å². The van der Waals surface area contributed by atoms with Crippen LogP contribution in [0.2, 0.25) is 0 Å². The van der Waals surface area contributed by atoms with Crippen LogP contribution in [0.25, 0.3) is 11.1 Å². The van der Waals surface area contributed by atoms with Gasteiger partial charge in [-0.1, -0.05) is 72.8 Å². The first-order chi connectivity index (χ1) is 16.2. The van der Waals surface area contributed by atoms with Crippen LogP contribution in [0.1, 0.15) is 24.3 Å². The summed E-state index contributed by atoms with van der Waals surface area (Å²) in [5, 5.41) is 13.2. The van der Waals surface area contributed by atoms with Gasteiger partial charge in [0.15, 0.2) is 0 Å². The summed E-state index contributed by atoms with van der Waals surface area (Å²) in [5.41, 5.74) is 4.44. The highest BCUT2D eigenvalue weighted by atomic mass is 16.3. The van der Waals surface area contributed by atoms with Crippen LogP contribution in [-0.4, -0.2) is 59.3 Å². The maximum atomic E-state index is 13.1. The van der Waals surface area contributed by atoms with Crippen LogP contribution in [0.5, 0.6) is 0 Å². The molecule has 5 heteroatoms. The molecule has 0 saturated carbocycles. The minimum absolute atomic E-state index is 0.0475. The van der Waals surface area contributed by atoms with E-state index in [4.69, 9.17) is 0 Å². The quantitative estimate of drug-likeness (QED) is 0.611. The molecule has 0 aromatic heterocycles. The first kappa shape index (κ1) is 21.7. The number of hydrogen-bond acceptors (Lipinski definition) is 3. The van der Waals surface area contributed by atoms with E-state index in [0.29, 0.717) is 6.54 Å². The van der Waals surface area contributed by atoms with Gasteiger partial charge in [-0.05, 0) is 48.2 Å². The number of nitrogens with zero attached hydrogens (tertiary/aromatic N) is 2. The molecule has 2 saturated heterocycles. The van der Waals surface area contributed by atoms with Gasteiger partial charge in [-0.15, -0.1) is 0 Å². The average Bonchev–Trinajstić information content (AvgIpc) is 2.84. The number of fused-ring (bicyclic) bond motifs is 1. The van der Waals surface area contributed by atoms with E-state index in [1.807, 2.05) is 41.3 Å². The fraction of sp³-hybridized carbons (Fsp3) is 0.321. The van der Waals surface area contributed by atoms with Gasteiger partial charge in [0, 0.05) is 36.8 Å². The van der Waals surface area contributed by atoms with Crippen LogP contribution in [0.15, 0.2) is 84.9 Å². The van der Waals surface area contributed by atoms with Crippen molar-refractivity contribution in [2.45, 2.75) is 30.8 Å². The third-order valence-electron chi connectivity index (χ3n) is 7.08. The predicted octanol–water partition coefficient (Wildman–Crippen LogP) is 4.81. The summed E-state index contributed by atoms with van der Waals surface area (Å²) in [5.74, 6) is 0.213. The molecule has 0 bridgehead atoms. The number of anilines is 1. The second-order valence-electron chi connectivity index (χ2n) is 9.02. The number of para-hydroxylation sites is 1. The molecule has 5 rings (SSSR count). The minimum Gasteiger partial charge on any atom is -0.395 e. The van der Waals surface area contributed by atoms with Crippen molar-refractivity contribution in [1.29, 1.82) is 0 Å². The van der Waals surface area contributed by atoms with Gasteiger partial charge >= 0.3 is 6.03 Å². The van der Waals surface area contributed by atoms with Crippen molar-refractivity contribution < 1.29 is 9.90 Å². The van der Waals surface area contributed by atoms with Gasteiger partial charge in [-0.2, -0.15) is 0 Å². The molecule has 2 amide bonds. The molecule has 2 heterocycles. The molecule has 170 valence electrons. The summed E-state index contributed by atoms with van der Waals surface area (Å²) >= 11 is 0. The van der Waals surface area contributed by atoms with Gasteiger partial charge in [0.2, 0.25) is 0 Å². The summed E-state index contributed by atoms with van der Waals surface area (Å²) in [6.45, 7) is 2.53. The number of aliphatic hydroxyl groups is 1. The zero-order valence-corrected chi connectivity index (χ0v) is 18.8. The number of carbonyl (C=O) groups excluding carboxylic acids is 1. The molecular weight excluding hydrogens is 410 g/mol. The van der Waals surface area contributed by atoms with Crippen molar-refractivity contribution in [3.8, 4) is 11.1 Å². The lowest BCUT2D eigenvalue weighted by Crippen LogP contribution is -2.68. The zero-order chi connectivity index (χ0) is 22.6. The molecule has 2 aliphatic heterocycles. The van der Waals surface area contributed by atoms with Gasteiger partial charge in [-0.3, -0.25) is 4.90 Å². The lowest BCUT2D eigenvalue weighted by molar-refractivity contribution is -0.0585. The van der Waals surface area contributed by atoms with E-state index < -0.39 is 0 Å². The third-order valence-corrected chi connectivity index (χ3v) is 7.08. The van der Waals surface area contributed by atoms with Gasteiger partial charge in [0.1, 0.15) is 0 Å². The second-order valence-corrected chi connectivity index (χ2v) is 9.02. The highest BCUT2D eigenvalue weighted by Gasteiger charge is 2.49. The molecule has 5 nitrogen and oxygen atoms in total. The number of aliphatic hydroxyl groups excluding tert-OH is 1. The monoisotopic (exact) mass is 441 g/mol. The largest absolute Gasteiger partial charge is 0.395 e. The number of nitrogens with one attached hydrogen (secondary N) is 1. The van der Waals surface area contributed by atoms with Crippen molar-refractivity contribution in [3.05, 3.63) is 90.5 Å². The van der Waals surface area contributed by atoms with Crippen molar-refractivity contribution >= 4 is 11.7 Å². The lowest BCUT2D eigenvalue weighted by atomic mass is 9.74. The molecule has 3 aromatic carbocycles. The van der Waals surface area contributed by atoms with E-state index in [-0.39, 0.29) is 30.6 Å². The molecular formula is C28H31N3O2. The third kappa shape index (κ3) is 4.52. The number of rotatable bonds is 4. The van der Waals surface area contributed by atoms with Gasteiger partial charge in [-0.25, -0.2) is 4.79 Å². The molecule has 2 N–H and O–H groups in total. The molecule has 2 fully saturated rings. The number of hydrogen-bond donors (Lipinski definition) is 2. The maximum absolute atomic E-state index is 13.1. The Bertz CT molecular complexity index is 1060. The first-order valence-corrected chi connectivity index (χ1v) is 11.9. The Balaban J connectivity index is 1.35. The zero-order valence-electron chi connectivity index (χ0n) is 18.8. The number of amides is 2. The summed E-state index contributed by atoms with van der Waals surface area (Å²) in [7, 11) is 0. The predicted molar refractivity (Wildman–Crippen MR) is 132 cm³/mol.